The molecule has 16 heteroatoms. The van der Waals surface area contributed by atoms with Crippen LogP contribution in [0.2, 0.25) is 0 Å². The molecule has 4 amide bonds. The van der Waals surface area contributed by atoms with Crippen LogP contribution < -0.4 is 49.0 Å². The van der Waals surface area contributed by atoms with Crippen molar-refractivity contribution in [2.75, 3.05) is 37.4 Å². The van der Waals surface area contributed by atoms with E-state index in [1.54, 1.807) is 65.8 Å². The molecule has 5 rings (SSSR count). The second kappa shape index (κ2) is 14.9. The number of nitrogens with one attached hydrogen (secondary N) is 3. The zero-order valence-electron chi connectivity index (χ0n) is 26.3. The molecule has 47 heavy (non-hydrogen) atoms. The van der Waals surface area contributed by atoms with E-state index in [0.29, 0.717) is 53.0 Å². The number of amidine groups is 1. The zero-order valence-corrected chi connectivity index (χ0v) is 27.1. The maximum atomic E-state index is 13.1. The lowest BCUT2D eigenvalue weighted by Crippen LogP contribution is -3.00. The topological polar surface area (TPSA) is 200 Å². The van der Waals surface area contributed by atoms with Gasteiger partial charge in [0.2, 0.25) is 11.7 Å². The third-order valence-electron chi connectivity index (χ3n) is 7.96. The predicted octanol–water partition coefficient (Wildman–Crippen LogP) is -2.41. The van der Waals surface area contributed by atoms with Gasteiger partial charge in [0.1, 0.15) is 23.0 Å². The maximum absolute atomic E-state index is 13.1. The number of carbonyl (C=O) groups excluding carboxylic acids is 4. The highest BCUT2D eigenvalue weighted by Gasteiger charge is 2.32. The second-order valence-electron chi connectivity index (χ2n) is 11.0. The van der Waals surface area contributed by atoms with Crippen molar-refractivity contribution in [2.45, 2.75) is 31.7 Å². The summed E-state index contributed by atoms with van der Waals surface area (Å²) in [6.45, 7) is 1.02. The lowest BCUT2D eigenvalue weighted by Gasteiger charge is -2.20. The van der Waals surface area contributed by atoms with Gasteiger partial charge in [-0.3, -0.25) is 35.3 Å². The lowest BCUT2D eigenvalue weighted by molar-refractivity contribution is -0.118. The minimum absolute atomic E-state index is 0. The molecule has 1 fully saturated rings. The molecular formula is C31H38ClN9O6. The number of anilines is 2. The van der Waals surface area contributed by atoms with Gasteiger partial charge in [-0.25, -0.2) is 0 Å². The summed E-state index contributed by atoms with van der Waals surface area (Å²) in [5.74, 6) is 0.616. The largest absolute Gasteiger partial charge is 1.00 e. The van der Waals surface area contributed by atoms with Gasteiger partial charge in [0.25, 0.3) is 17.7 Å². The van der Waals surface area contributed by atoms with Crippen molar-refractivity contribution in [3.05, 3.63) is 53.3 Å². The Labute approximate surface area is 277 Å². The van der Waals surface area contributed by atoms with Crippen LogP contribution in [0.25, 0.3) is 0 Å². The van der Waals surface area contributed by atoms with Crippen LogP contribution in [0.15, 0.2) is 41.4 Å². The first-order valence-corrected chi connectivity index (χ1v) is 14.8. The minimum atomic E-state index is -0.429. The molecule has 1 atom stereocenters. The molecule has 3 aromatic rings. The number of hydrogen-bond donors (Lipinski definition) is 5. The molecule has 0 radical (unpaired) electrons. The van der Waals surface area contributed by atoms with Gasteiger partial charge in [-0.1, -0.05) is 0 Å². The maximum Gasteiger partial charge on any atom is 0.273 e. The van der Waals surface area contributed by atoms with Crippen molar-refractivity contribution in [3.63, 3.8) is 0 Å². The molecule has 1 saturated heterocycles. The number of hydrogen-bond acceptors (Lipinski definition) is 7. The molecule has 0 unspecified atom stereocenters. The molecular weight excluding hydrogens is 630 g/mol. The predicted molar refractivity (Wildman–Crippen MR) is 171 cm³/mol. The van der Waals surface area contributed by atoms with E-state index in [-0.39, 0.29) is 67.3 Å². The lowest BCUT2D eigenvalue weighted by atomic mass is 10.1. The van der Waals surface area contributed by atoms with Crippen molar-refractivity contribution in [1.82, 2.24) is 19.4 Å². The molecule has 1 aromatic carbocycles. The van der Waals surface area contributed by atoms with E-state index in [4.69, 9.17) is 20.6 Å². The van der Waals surface area contributed by atoms with E-state index < -0.39 is 5.91 Å². The number of methoxy groups -OCH3 is 1. The number of aliphatic imine (C=N–C) groups is 1. The number of carbonyl (C=O) groups is 4. The average Bonchev–Trinajstić information content (AvgIpc) is 3.72. The minimum Gasteiger partial charge on any atom is -1.00 e. The normalized spacial score (nSPS) is 14.7. The Kier molecular flexibility index (Phi) is 10.9. The highest BCUT2D eigenvalue weighted by atomic mass is 35.5. The summed E-state index contributed by atoms with van der Waals surface area (Å²) in [7, 11) is 4.79. The van der Waals surface area contributed by atoms with Crippen LogP contribution in [0.1, 0.15) is 57.0 Å². The molecule has 4 heterocycles. The van der Waals surface area contributed by atoms with Gasteiger partial charge in [0.15, 0.2) is 11.5 Å². The first-order chi connectivity index (χ1) is 22.1. The van der Waals surface area contributed by atoms with Crippen LogP contribution in [-0.4, -0.2) is 82.6 Å². The second-order valence-corrected chi connectivity index (χ2v) is 11.0. The Bertz CT molecular complexity index is 1730. The van der Waals surface area contributed by atoms with Crippen molar-refractivity contribution < 1.29 is 46.5 Å². The van der Waals surface area contributed by atoms with Crippen LogP contribution in [-0.2, 0) is 18.9 Å². The third-order valence-corrected chi connectivity index (χ3v) is 7.96. The molecule has 2 aliphatic rings. The number of benzene rings is 1. The van der Waals surface area contributed by atoms with Crippen molar-refractivity contribution >= 4 is 53.0 Å². The summed E-state index contributed by atoms with van der Waals surface area (Å²) in [5, 5.41) is 13.7. The third kappa shape index (κ3) is 7.57. The van der Waals surface area contributed by atoms with Crippen molar-refractivity contribution in [1.29, 1.82) is 0 Å². The van der Waals surface area contributed by atoms with E-state index in [1.165, 1.54) is 7.11 Å². The summed E-state index contributed by atoms with van der Waals surface area (Å²) in [4.78, 5) is 57.7. The van der Waals surface area contributed by atoms with E-state index in [1.807, 2.05) is 4.90 Å². The summed E-state index contributed by atoms with van der Waals surface area (Å²) < 4.78 is 14.5. The molecule has 7 N–H and O–H groups in total. The van der Waals surface area contributed by atoms with Gasteiger partial charge in [-0.15, -0.1) is 0 Å². The van der Waals surface area contributed by atoms with E-state index in [9.17, 15) is 19.2 Å². The highest BCUT2D eigenvalue weighted by Crippen LogP contribution is 2.38. The first kappa shape index (κ1) is 34.6. The number of nitrogens with zero attached hydrogens (tertiary/aromatic N) is 4. The Morgan fingerprint density at radius 1 is 1.00 bits per heavy atom. The van der Waals surface area contributed by atoms with Gasteiger partial charge < -0.3 is 51.9 Å². The fourth-order valence-corrected chi connectivity index (χ4v) is 5.40. The van der Waals surface area contributed by atoms with Crippen molar-refractivity contribution in [3.8, 4) is 11.5 Å². The summed E-state index contributed by atoms with van der Waals surface area (Å²) in [6.07, 6.45) is 3.98. The van der Waals surface area contributed by atoms with E-state index >= 15 is 0 Å². The van der Waals surface area contributed by atoms with Gasteiger partial charge >= 0.3 is 0 Å². The Balaban J connectivity index is 0.00000500. The number of halogens is 1. The van der Waals surface area contributed by atoms with Gasteiger partial charge in [-0.05, 0) is 43.2 Å². The van der Waals surface area contributed by atoms with Crippen LogP contribution in [0.3, 0.4) is 0 Å². The van der Waals surface area contributed by atoms with Gasteiger partial charge in [0, 0.05) is 39.5 Å². The SMILES string of the molecule is COc1cc2c(cc1OCCC(=O)Nc1ccc(C(=O)Nc3ccc(C(=O)NCCC(N)=[NH2+])n3C)n1C)N=C[C@@H]1CCCN1C2=O.[Cl-]. The number of fused-ring (bicyclic) bond motifs is 2. The molecule has 0 saturated carbocycles. The Morgan fingerprint density at radius 2 is 1.68 bits per heavy atom. The van der Waals surface area contributed by atoms with Crippen LogP contribution in [0, 0.1) is 0 Å². The number of ether oxygens (including phenoxy) is 2. The average molecular weight is 668 g/mol. The summed E-state index contributed by atoms with van der Waals surface area (Å²) in [6, 6.07) is 9.69. The fourth-order valence-electron chi connectivity index (χ4n) is 5.40. The molecule has 2 aromatic heterocycles. The molecule has 0 bridgehead atoms. The van der Waals surface area contributed by atoms with Gasteiger partial charge in [0.05, 0.1) is 43.9 Å². The number of rotatable bonds is 12. The molecule has 0 aliphatic carbocycles. The number of nitrogens with two attached hydrogens (primary N) is 2. The van der Waals surface area contributed by atoms with E-state index in [0.717, 1.165) is 12.8 Å². The fraction of sp³-hybridized carbons (Fsp3) is 0.355. The van der Waals surface area contributed by atoms with Crippen molar-refractivity contribution in [2.24, 2.45) is 24.8 Å². The first-order valence-electron chi connectivity index (χ1n) is 14.8. The monoisotopic (exact) mass is 667 g/mol. The van der Waals surface area contributed by atoms with Crippen LogP contribution in [0.5, 0.6) is 11.5 Å². The Morgan fingerprint density at radius 3 is 2.36 bits per heavy atom. The highest BCUT2D eigenvalue weighted by molar-refractivity contribution is 6.05. The number of amides is 4. The Hall–Kier alpha value is -5.31. The summed E-state index contributed by atoms with van der Waals surface area (Å²) in [5.41, 5.74) is 7.02. The standard InChI is InChI=1S/C31H37N9O6.ClH/c1-38-21(29(42)34-12-10-25(32)33)6-9-27(38)37-30(43)22-7-8-26(39(22)2)36-28(41)11-14-46-24-16-20-19(15-23(24)45-3)31(44)40-13-4-5-18(40)17-35-20;/h6-9,15-18H,4-5,10-14H2,1-3H3,(H3,32,33)(H,34,42)(H,36,41)(H,37,43);1H/t18-;/m0./s1. The smallest absolute Gasteiger partial charge is 0.273 e. The van der Waals surface area contributed by atoms with Crippen LogP contribution in [0.4, 0.5) is 17.3 Å². The molecule has 2 aliphatic heterocycles. The van der Waals surface area contributed by atoms with Crippen LogP contribution >= 0.6 is 0 Å². The number of aromatic nitrogens is 2. The van der Waals surface area contributed by atoms with E-state index in [2.05, 4.69) is 20.9 Å². The quantitative estimate of drug-likeness (QED) is 0.105. The molecule has 15 nitrogen and oxygen atoms in total. The molecule has 250 valence electrons. The summed E-state index contributed by atoms with van der Waals surface area (Å²) >= 11 is 0. The zero-order chi connectivity index (χ0) is 33.0. The molecule has 0 spiro atoms. The van der Waals surface area contributed by atoms with Gasteiger partial charge in [-0.2, -0.15) is 0 Å².